The molecular weight excluding hydrogens is 356 g/mol. The fourth-order valence-electron chi connectivity index (χ4n) is 1.82. The minimum atomic E-state index is -0.150. The maximum Gasteiger partial charge on any atom is 0.234 e. The van der Waals surface area contributed by atoms with E-state index in [4.69, 9.17) is 16.3 Å². The number of rotatable bonds is 7. The van der Waals surface area contributed by atoms with Gasteiger partial charge in [-0.15, -0.1) is 10.2 Å². The molecule has 0 saturated heterocycles. The zero-order chi connectivity index (χ0) is 16.2. The van der Waals surface area contributed by atoms with Crippen LogP contribution >= 0.6 is 34.7 Å². The van der Waals surface area contributed by atoms with Crippen LogP contribution in [0.2, 0.25) is 5.02 Å². The summed E-state index contributed by atoms with van der Waals surface area (Å²) in [5, 5.41) is 15.6. The minimum absolute atomic E-state index is 0.150. The van der Waals surface area contributed by atoms with Crippen LogP contribution in [0.3, 0.4) is 0 Å². The third kappa shape index (κ3) is 4.73. The molecule has 23 heavy (non-hydrogen) atoms. The molecule has 0 spiro atoms. The van der Waals surface area contributed by atoms with Gasteiger partial charge in [0.05, 0.1) is 18.6 Å². The number of halogens is 1. The summed E-state index contributed by atoms with van der Waals surface area (Å²) in [6.07, 6.45) is 2.37. The van der Waals surface area contributed by atoms with Gasteiger partial charge >= 0.3 is 0 Å². The van der Waals surface area contributed by atoms with Crippen molar-refractivity contribution in [2.75, 3.05) is 23.5 Å². The van der Waals surface area contributed by atoms with E-state index in [1.165, 1.54) is 35.9 Å². The molecule has 1 heterocycles. The molecule has 3 rings (SSSR count). The standard InChI is InChI=1S/C14H15ClN4O2S2/c1-21-11-5-2-8(15)6-10(11)17-12(20)7-22-14-19-18-13(23-14)16-9-3-4-9/h2,5-6,9H,3-4,7H2,1H3,(H,16,18)(H,17,20). The van der Waals surface area contributed by atoms with E-state index >= 15 is 0 Å². The van der Waals surface area contributed by atoms with Crippen molar-refractivity contribution in [2.24, 2.45) is 0 Å². The van der Waals surface area contributed by atoms with Crippen molar-refractivity contribution in [3.63, 3.8) is 0 Å². The van der Waals surface area contributed by atoms with E-state index in [1.54, 1.807) is 25.3 Å². The van der Waals surface area contributed by atoms with Crippen molar-refractivity contribution in [3.05, 3.63) is 23.2 Å². The summed E-state index contributed by atoms with van der Waals surface area (Å²) in [7, 11) is 1.54. The summed E-state index contributed by atoms with van der Waals surface area (Å²) < 4.78 is 5.97. The number of carbonyl (C=O) groups excluding carboxylic acids is 1. The van der Waals surface area contributed by atoms with Gasteiger partial charge in [0.2, 0.25) is 11.0 Å². The van der Waals surface area contributed by atoms with E-state index in [1.807, 2.05) is 0 Å². The molecule has 0 radical (unpaired) electrons. The average Bonchev–Trinajstić information content (AvgIpc) is 3.22. The maximum absolute atomic E-state index is 12.1. The van der Waals surface area contributed by atoms with E-state index in [-0.39, 0.29) is 11.7 Å². The van der Waals surface area contributed by atoms with Crippen molar-refractivity contribution < 1.29 is 9.53 Å². The van der Waals surface area contributed by atoms with Gasteiger partial charge in [0.25, 0.3) is 0 Å². The van der Waals surface area contributed by atoms with Crippen LogP contribution in [-0.4, -0.2) is 35.0 Å². The number of hydrogen-bond acceptors (Lipinski definition) is 7. The molecule has 2 aromatic rings. The van der Waals surface area contributed by atoms with Gasteiger partial charge in [0, 0.05) is 11.1 Å². The first-order valence-electron chi connectivity index (χ1n) is 7.00. The van der Waals surface area contributed by atoms with Crippen LogP contribution in [-0.2, 0) is 4.79 Å². The second-order valence-electron chi connectivity index (χ2n) is 4.97. The number of aromatic nitrogens is 2. The fourth-order valence-corrected chi connectivity index (χ4v) is 3.62. The number of amides is 1. The van der Waals surface area contributed by atoms with Crippen LogP contribution in [0, 0.1) is 0 Å². The van der Waals surface area contributed by atoms with Gasteiger partial charge in [0.15, 0.2) is 4.34 Å². The van der Waals surface area contributed by atoms with Gasteiger partial charge in [-0.25, -0.2) is 0 Å². The average molecular weight is 371 g/mol. The van der Waals surface area contributed by atoms with Gasteiger partial charge in [-0.2, -0.15) is 0 Å². The molecule has 1 aliphatic rings. The Morgan fingerprint density at radius 3 is 3.04 bits per heavy atom. The third-order valence-corrected chi connectivity index (χ3v) is 5.30. The summed E-state index contributed by atoms with van der Waals surface area (Å²) in [5.74, 6) is 0.662. The summed E-state index contributed by atoms with van der Waals surface area (Å²) in [5.41, 5.74) is 0.555. The Morgan fingerprint density at radius 2 is 2.30 bits per heavy atom. The van der Waals surface area contributed by atoms with E-state index in [0.29, 0.717) is 22.5 Å². The monoisotopic (exact) mass is 370 g/mol. The molecule has 1 aromatic heterocycles. The first-order chi connectivity index (χ1) is 11.1. The molecule has 6 nitrogen and oxygen atoms in total. The Balaban J connectivity index is 1.53. The molecule has 1 aromatic carbocycles. The second kappa shape index (κ2) is 7.37. The number of benzene rings is 1. The number of thioether (sulfide) groups is 1. The summed E-state index contributed by atoms with van der Waals surface area (Å²) >= 11 is 8.76. The third-order valence-electron chi connectivity index (χ3n) is 3.07. The molecule has 1 fully saturated rings. The smallest absolute Gasteiger partial charge is 0.234 e. The number of methoxy groups -OCH3 is 1. The van der Waals surface area contributed by atoms with Crippen LogP contribution in [0.4, 0.5) is 10.8 Å². The minimum Gasteiger partial charge on any atom is -0.495 e. The van der Waals surface area contributed by atoms with Crippen molar-refractivity contribution in [2.45, 2.75) is 23.2 Å². The molecule has 2 N–H and O–H groups in total. The highest BCUT2D eigenvalue weighted by Crippen LogP contribution is 2.31. The lowest BCUT2D eigenvalue weighted by Crippen LogP contribution is -2.14. The van der Waals surface area contributed by atoms with Gasteiger partial charge < -0.3 is 15.4 Å². The molecule has 122 valence electrons. The Labute approximate surface area is 147 Å². The molecule has 0 aliphatic heterocycles. The Hall–Kier alpha value is -1.51. The normalized spacial score (nSPS) is 13.7. The lowest BCUT2D eigenvalue weighted by atomic mass is 10.3. The number of anilines is 2. The van der Waals surface area contributed by atoms with E-state index in [2.05, 4.69) is 20.8 Å². The molecule has 9 heteroatoms. The lowest BCUT2D eigenvalue weighted by Gasteiger charge is -2.09. The Kier molecular flexibility index (Phi) is 5.24. The maximum atomic E-state index is 12.1. The topological polar surface area (TPSA) is 76.1 Å². The second-order valence-corrected chi connectivity index (χ2v) is 7.61. The largest absolute Gasteiger partial charge is 0.495 e. The Bertz CT molecular complexity index is 706. The van der Waals surface area contributed by atoms with Crippen LogP contribution in [0.15, 0.2) is 22.5 Å². The van der Waals surface area contributed by atoms with Crippen LogP contribution in [0.5, 0.6) is 5.75 Å². The van der Waals surface area contributed by atoms with Crippen LogP contribution < -0.4 is 15.4 Å². The van der Waals surface area contributed by atoms with Crippen molar-refractivity contribution in [1.29, 1.82) is 0 Å². The first kappa shape index (κ1) is 16.4. The molecule has 0 unspecified atom stereocenters. The number of ether oxygens (including phenoxy) is 1. The molecule has 0 atom stereocenters. The molecule has 1 saturated carbocycles. The van der Waals surface area contributed by atoms with Gasteiger partial charge in [-0.05, 0) is 31.0 Å². The van der Waals surface area contributed by atoms with E-state index < -0.39 is 0 Å². The Morgan fingerprint density at radius 1 is 1.48 bits per heavy atom. The summed E-state index contributed by atoms with van der Waals surface area (Å²) in [6.45, 7) is 0. The van der Waals surface area contributed by atoms with Crippen molar-refractivity contribution in [3.8, 4) is 5.75 Å². The number of nitrogens with one attached hydrogen (secondary N) is 2. The highest BCUT2D eigenvalue weighted by Gasteiger charge is 2.22. The van der Waals surface area contributed by atoms with Crippen molar-refractivity contribution in [1.82, 2.24) is 10.2 Å². The lowest BCUT2D eigenvalue weighted by molar-refractivity contribution is -0.113. The van der Waals surface area contributed by atoms with Gasteiger partial charge in [-0.3, -0.25) is 4.79 Å². The molecule has 1 aliphatic carbocycles. The zero-order valence-corrected chi connectivity index (χ0v) is 14.7. The van der Waals surface area contributed by atoms with Crippen LogP contribution in [0.1, 0.15) is 12.8 Å². The predicted molar refractivity (Wildman–Crippen MR) is 93.9 cm³/mol. The summed E-state index contributed by atoms with van der Waals surface area (Å²) in [4.78, 5) is 12.1. The van der Waals surface area contributed by atoms with Crippen LogP contribution in [0.25, 0.3) is 0 Å². The van der Waals surface area contributed by atoms with Gasteiger partial charge in [-0.1, -0.05) is 34.7 Å². The fraction of sp³-hybridized carbons (Fsp3) is 0.357. The summed E-state index contributed by atoms with van der Waals surface area (Å²) in [6, 6.07) is 5.62. The zero-order valence-electron chi connectivity index (χ0n) is 12.3. The highest BCUT2D eigenvalue weighted by molar-refractivity contribution is 8.01. The predicted octanol–water partition coefficient (Wildman–Crippen LogP) is 3.51. The quantitative estimate of drug-likeness (QED) is 0.726. The number of hydrogen-bond donors (Lipinski definition) is 2. The molecular formula is C14H15ClN4O2S2. The number of carbonyl (C=O) groups is 1. The van der Waals surface area contributed by atoms with Crippen molar-refractivity contribution >= 4 is 51.4 Å². The number of nitrogens with zero attached hydrogens (tertiary/aromatic N) is 2. The SMILES string of the molecule is COc1ccc(Cl)cc1NC(=O)CSc1nnc(NC2CC2)s1. The first-order valence-corrected chi connectivity index (χ1v) is 9.18. The molecule has 1 amide bonds. The van der Waals surface area contributed by atoms with E-state index in [0.717, 1.165) is 9.47 Å². The van der Waals surface area contributed by atoms with Gasteiger partial charge in [0.1, 0.15) is 5.75 Å². The highest BCUT2D eigenvalue weighted by atomic mass is 35.5. The van der Waals surface area contributed by atoms with E-state index in [9.17, 15) is 4.79 Å². The molecule has 0 bridgehead atoms.